The molecular formula is C56H75N9O7. The van der Waals surface area contributed by atoms with Gasteiger partial charge < -0.3 is 34.1 Å². The molecule has 4 aromatic rings. The lowest BCUT2D eigenvalue weighted by Gasteiger charge is -2.40. The molecule has 0 unspecified atom stereocenters. The molecule has 2 aromatic carbocycles. The predicted molar refractivity (Wildman–Crippen MR) is 279 cm³/mol. The second kappa shape index (κ2) is 22.2. The number of hydrogen-bond acceptors (Lipinski definition) is 10. The van der Waals surface area contributed by atoms with Crippen LogP contribution in [0.2, 0.25) is 0 Å². The zero-order valence-corrected chi connectivity index (χ0v) is 44.4. The molecular weight excluding hydrogens is 911 g/mol. The van der Waals surface area contributed by atoms with Gasteiger partial charge in [0.2, 0.25) is 5.91 Å². The number of cyclic esters (lactones) is 1. The number of urea groups is 1. The van der Waals surface area contributed by atoms with Crippen molar-refractivity contribution in [1.82, 2.24) is 44.9 Å². The fraction of sp³-hybridized carbons (Fsp3) is 0.536. The Labute approximate surface area is 425 Å². The van der Waals surface area contributed by atoms with E-state index in [0.29, 0.717) is 51.9 Å². The van der Waals surface area contributed by atoms with Crippen molar-refractivity contribution in [1.29, 1.82) is 0 Å². The van der Waals surface area contributed by atoms with E-state index >= 15 is 0 Å². The van der Waals surface area contributed by atoms with Crippen LogP contribution in [0.1, 0.15) is 97.6 Å². The number of fused-ring (bicyclic) bond motifs is 6. The Hall–Kier alpha value is -6.28. The number of carbonyl (C=O) groups is 5. The monoisotopic (exact) mass is 986 g/mol. The molecule has 16 heteroatoms. The van der Waals surface area contributed by atoms with E-state index in [1.165, 1.54) is 9.91 Å². The molecule has 6 bridgehead atoms. The van der Waals surface area contributed by atoms with E-state index in [0.717, 1.165) is 50.1 Å². The maximum absolute atomic E-state index is 14.8. The number of methoxy groups -OCH3 is 1. The van der Waals surface area contributed by atoms with Gasteiger partial charge in [-0.2, -0.15) is 0 Å². The second-order valence-electron chi connectivity index (χ2n) is 21.5. The fourth-order valence-corrected chi connectivity index (χ4v) is 10.0. The molecule has 4 atom stereocenters. The third-order valence-corrected chi connectivity index (χ3v) is 14.6. The van der Waals surface area contributed by atoms with E-state index in [1.807, 2.05) is 71.8 Å². The van der Waals surface area contributed by atoms with E-state index in [-0.39, 0.29) is 37.6 Å². The number of carbonyl (C=O) groups excluding carboxylic acids is 5. The molecule has 0 radical (unpaired) electrons. The lowest BCUT2D eigenvalue weighted by atomic mass is 9.84. The van der Waals surface area contributed by atoms with Gasteiger partial charge in [-0.1, -0.05) is 63.9 Å². The van der Waals surface area contributed by atoms with Crippen molar-refractivity contribution < 1.29 is 33.4 Å². The van der Waals surface area contributed by atoms with Crippen LogP contribution in [0.5, 0.6) is 0 Å². The Kier molecular flexibility index (Phi) is 16.5. The molecule has 5 heterocycles. The third-order valence-electron chi connectivity index (χ3n) is 14.6. The summed E-state index contributed by atoms with van der Waals surface area (Å²) in [5, 5.41) is 5.58. The summed E-state index contributed by atoms with van der Waals surface area (Å²) >= 11 is 0. The standard InChI is InChI=1S/C56H75N9O7/c1-13-64-46-23-22-40-32-42(46)43(50(64)41-20-15-26-57-48(41)37(4)71-12)33-55(5,6)34-72-53(69)44-21-16-29-65(59-44)52(68)45(31-38-18-14-19-39(40)30-38)58-51(67)49(36(2)3)61(11)54(70)63-28-17-27-62(35-63)47(66)24-25-56(7,8)60(9)10/h14-15,18-20,22-23,26,30,32,36-37,44-45,49,59H,13,16-17,21,27-29,31,33-35H2,1-12H3,(H,58,67)/t37-,44-,45-,49-/m0/s1. The van der Waals surface area contributed by atoms with Crippen LogP contribution < -0.4 is 10.7 Å². The maximum atomic E-state index is 14.8. The molecule has 2 fully saturated rings. The highest BCUT2D eigenvalue weighted by atomic mass is 16.5. The summed E-state index contributed by atoms with van der Waals surface area (Å²) in [6.07, 6.45) is 3.79. The van der Waals surface area contributed by atoms with E-state index < -0.39 is 52.9 Å². The topological polar surface area (TPSA) is 162 Å². The molecule has 0 spiro atoms. The third kappa shape index (κ3) is 11.6. The highest BCUT2D eigenvalue weighted by Crippen LogP contribution is 2.42. The number of amides is 5. The van der Waals surface area contributed by atoms with Crippen LogP contribution in [-0.2, 0) is 48.0 Å². The van der Waals surface area contributed by atoms with Crippen LogP contribution in [-0.4, -0.2) is 149 Å². The molecule has 0 saturated carbocycles. The van der Waals surface area contributed by atoms with Gasteiger partial charge in [-0.3, -0.25) is 34.1 Å². The number of pyridine rings is 1. The van der Waals surface area contributed by atoms with Gasteiger partial charge in [-0.15, -0.1) is 0 Å². The fourth-order valence-electron chi connectivity index (χ4n) is 10.0. The van der Waals surface area contributed by atoms with E-state index in [9.17, 15) is 24.0 Å². The van der Waals surface area contributed by atoms with E-state index in [4.69, 9.17) is 14.5 Å². The molecule has 386 valence electrons. The number of aryl methyl sites for hydroxylation is 1. The Morgan fingerprint density at radius 1 is 0.986 bits per heavy atom. The van der Waals surface area contributed by atoms with E-state index in [1.54, 1.807) is 30.2 Å². The first-order chi connectivity index (χ1) is 34.1. The predicted octanol–water partition coefficient (Wildman–Crippen LogP) is 6.66. The number of hydrogen-bond donors (Lipinski definition) is 2. The van der Waals surface area contributed by atoms with Crippen molar-refractivity contribution in [3.8, 4) is 34.2 Å². The normalized spacial score (nSPS) is 19.6. The smallest absolute Gasteiger partial charge is 0.324 e. The Morgan fingerprint density at radius 2 is 1.72 bits per heavy atom. The zero-order valence-electron chi connectivity index (χ0n) is 44.4. The SMILES string of the molecule is CCn1c(-c2cccnc2[C@H](C)OC)c2c3cc(ccc31)-c1cccc(c1)C[C@H](NC(=O)[C@H](C(C)C)N(C)C(=O)N1CCCN(C(=O)C#CC(C)(C)N(C)C)C1)C(=O)N1CCC[C@H](N1)C(=O)OCC(C)(C)C2. The molecule has 2 aromatic heterocycles. The Balaban J connectivity index is 1.24. The van der Waals surface area contributed by atoms with Crippen LogP contribution in [0, 0.1) is 23.2 Å². The van der Waals surface area contributed by atoms with Gasteiger partial charge in [0, 0.05) is 74.8 Å². The first-order valence-electron chi connectivity index (χ1n) is 25.4. The first-order valence-corrected chi connectivity index (χ1v) is 25.4. The van der Waals surface area contributed by atoms with Crippen LogP contribution in [0.25, 0.3) is 33.3 Å². The van der Waals surface area contributed by atoms with Crippen molar-refractivity contribution in [2.75, 3.05) is 61.2 Å². The Morgan fingerprint density at radius 3 is 2.43 bits per heavy atom. The number of rotatable bonds is 9. The molecule has 3 aliphatic heterocycles. The highest BCUT2D eigenvalue weighted by molar-refractivity contribution is 5.96. The van der Waals surface area contributed by atoms with Crippen molar-refractivity contribution in [3.05, 3.63) is 77.6 Å². The van der Waals surface area contributed by atoms with Crippen molar-refractivity contribution >= 4 is 40.6 Å². The maximum Gasteiger partial charge on any atom is 0.324 e. The minimum Gasteiger partial charge on any atom is -0.464 e. The van der Waals surface area contributed by atoms with Crippen LogP contribution >= 0.6 is 0 Å². The van der Waals surface area contributed by atoms with Crippen molar-refractivity contribution in [2.45, 2.75) is 124 Å². The summed E-state index contributed by atoms with van der Waals surface area (Å²) in [5.41, 5.74) is 9.89. The number of nitrogens with one attached hydrogen (secondary N) is 2. The van der Waals surface area contributed by atoms with Crippen LogP contribution in [0.15, 0.2) is 60.8 Å². The molecule has 72 heavy (non-hydrogen) atoms. The number of benzene rings is 2. The number of nitrogens with zero attached hydrogens (tertiary/aromatic N) is 7. The quantitative estimate of drug-likeness (QED) is 0.137. The minimum absolute atomic E-state index is 0.0314. The first kappa shape index (κ1) is 53.5. The summed E-state index contributed by atoms with van der Waals surface area (Å²) in [7, 11) is 7.07. The molecule has 2 N–H and O–H groups in total. The number of esters is 1. The number of ether oxygens (including phenoxy) is 2. The second-order valence-corrected chi connectivity index (χ2v) is 21.5. The molecule has 7 rings (SSSR count). The van der Waals surface area contributed by atoms with Crippen molar-refractivity contribution in [2.24, 2.45) is 11.3 Å². The van der Waals surface area contributed by atoms with Crippen LogP contribution in [0.4, 0.5) is 4.79 Å². The highest BCUT2D eigenvalue weighted by Gasteiger charge is 2.39. The van der Waals surface area contributed by atoms with Crippen molar-refractivity contribution in [3.63, 3.8) is 0 Å². The van der Waals surface area contributed by atoms with Gasteiger partial charge in [0.25, 0.3) is 11.8 Å². The van der Waals surface area contributed by atoms with Gasteiger partial charge in [0.15, 0.2) is 0 Å². The average Bonchev–Trinajstić information content (AvgIpc) is 3.67. The summed E-state index contributed by atoms with van der Waals surface area (Å²) in [6, 6.07) is 15.3. The number of likely N-dealkylation sites (N-methyl/N-ethyl adjacent to an activating group) is 1. The summed E-state index contributed by atoms with van der Waals surface area (Å²) < 4.78 is 14.3. The van der Waals surface area contributed by atoms with Gasteiger partial charge in [-0.05, 0) is 126 Å². The largest absolute Gasteiger partial charge is 0.464 e. The lowest BCUT2D eigenvalue weighted by molar-refractivity contribution is -0.155. The summed E-state index contributed by atoms with van der Waals surface area (Å²) in [6.45, 7) is 17.9. The van der Waals surface area contributed by atoms with E-state index in [2.05, 4.69) is 84.3 Å². The number of aromatic nitrogens is 2. The van der Waals surface area contributed by atoms with Gasteiger partial charge in [0.05, 0.1) is 36.3 Å². The average molecular weight is 986 g/mol. The number of hydrazine groups is 1. The van der Waals surface area contributed by atoms with Gasteiger partial charge in [0.1, 0.15) is 18.1 Å². The molecule has 3 aliphatic rings. The molecule has 5 amide bonds. The molecule has 0 aliphatic carbocycles. The lowest BCUT2D eigenvalue weighted by Crippen LogP contribution is -2.63. The minimum atomic E-state index is -1.08. The summed E-state index contributed by atoms with van der Waals surface area (Å²) in [4.78, 5) is 82.4. The molecule has 16 nitrogen and oxygen atoms in total. The van der Waals surface area contributed by atoms with Gasteiger partial charge >= 0.3 is 12.0 Å². The summed E-state index contributed by atoms with van der Waals surface area (Å²) in [5.74, 6) is 3.72. The zero-order chi connectivity index (χ0) is 52.2. The molecule has 2 saturated heterocycles. The van der Waals surface area contributed by atoms with Gasteiger partial charge in [-0.25, -0.2) is 10.2 Å². The van der Waals surface area contributed by atoms with Crippen LogP contribution in [0.3, 0.4) is 0 Å². The Bertz CT molecular complexity index is 2730.